The number of aryl methyl sites for hydroxylation is 1. The first-order chi connectivity index (χ1) is 14.0. The maximum atomic E-state index is 13.1. The smallest absolute Gasteiger partial charge is 0.290 e. The predicted molar refractivity (Wildman–Crippen MR) is 104 cm³/mol. The summed E-state index contributed by atoms with van der Waals surface area (Å²) in [7, 11) is 1.83. The zero-order valence-corrected chi connectivity index (χ0v) is 16.4. The summed E-state index contributed by atoms with van der Waals surface area (Å²) in [5.41, 5.74) is 1.85. The molecule has 2 aliphatic rings. The van der Waals surface area contributed by atoms with Crippen molar-refractivity contribution in [3.8, 4) is 0 Å². The van der Waals surface area contributed by atoms with E-state index in [2.05, 4.69) is 10.4 Å². The van der Waals surface area contributed by atoms with Crippen LogP contribution in [0.1, 0.15) is 30.5 Å². The molecule has 2 N–H and O–H groups in total. The van der Waals surface area contributed by atoms with Crippen LogP contribution < -0.4 is 5.32 Å². The Balaban J connectivity index is 0.000000755. The topological polar surface area (TPSA) is 114 Å². The molecule has 1 fully saturated rings. The van der Waals surface area contributed by atoms with Crippen LogP contribution in [0.3, 0.4) is 0 Å². The Bertz CT molecular complexity index is 912. The fourth-order valence-electron chi connectivity index (χ4n) is 4.27. The van der Waals surface area contributed by atoms with Crippen molar-refractivity contribution in [3.05, 3.63) is 47.8 Å². The van der Waals surface area contributed by atoms with E-state index in [9.17, 15) is 9.59 Å². The molecule has 0 bridgehead atoms. The molecule has 3 heterocycles. The van der Waals surface area contributed by atoms with Crippen LogP contribution in [-0.2, 0) is 31.6 Å². The molecule has 0 unspecified atom stereocenters. The summed E-state index contributed by atoms with van der Waals surface area (Å²) in [6, 6.07) is 7.34. The van der Waals surface area contributed by atoms with Crippen molar-refractivity contribution in [3.63, 3.8) is 0 Å². The number of fused-ring (bicyclic) bond motifs is 2. The molecule has 2 aromatic rings. The molecular weight excluding hydrogens is 376 g/mol. The number of amides is 2. The monoisotopic (exact) mass is 400 g/mol. The van der Waals surface area contributed by atoms with Crippen LogP contribution in [-0.4, -0.2) is 57.8 Å². The highest BCUT2D eigenvalue weighted by atomic mass is 16.5. The number of carbonyl (C=O) groups is 3. The second-order valence-electron chi connectivity index (χ2n) is 6.90. The van der Waals surface area contributed by atoms with E-state index in [1.165, 1.54) is 0 Å². The van der Waals surface area contributed by atoms with Crippen molar-refractivity contribution in [1.29, 1.82) is 0 Å². The number of hydrogen-bond donors (Lipinski definition) is 2. The first-order valence-electron chi connectivity index (χ1n) is 9.34. The molecule has 1 aromatic heterocycles. The standard InChI is InChI=1S/C19H22N4O3.CH2O2/c1-3-26-12-16(24)23-9-8-19(17(23)13-10-20-22(2)11-13)14-6-4-5-7-15(14)21-18(19)25;2-1-3/h4-7,10-11,17H,3,8-9,12H2,1-2H3,(H,21,25);1H,(H,2,3)/t17-,19+;/m0./s1. The van der Waals surface area contributed by atoms with Crippen LogP contribution in [0.2, 0.25) is 0 Å². The number of ether oxygens (including phenoxy) is 1. The lowest BCUT2D eigenvalue weighted by atomic mass is 9.73. The van der Waals surface area contributed by atoms with Crippen molar-refractivity contribution in [2.45, 2.75) is 24.8 Å². The summed E-state index contributed by atoms with van der Waals surface area (Å²) >= 11 is 0. The van der Waals surface area contributed by atoms with E-state index in [0.29, 0.717) is 19.6 Å². The molecule has 4 rings (SSSR count). The van der Waals surface area contributed by atoms with Gasteiger partial charge in [0.2, 0.25) is 11.8 Å². The molecule has 9 nitrogen and oxygen atoms in total. The molecule has 154 valence electrons. The van der Waals surface area contributed by atoms with Crippen molar-refractivity contribution in [2.24, 2.45) is 7.05 Å². The number of nitrogens with one attached hydrogen (secondary N) is 1. The largest absolute Gasteiger partial charge is 0.483 e. The number of carboxylic acid groups (broad SMARTS) is 1. The van der Waals surface area contributed by atoms with Crippen molar-refractivity contribution in [2.75, 3.05) is 25.1 Å². The summed E-state index contributed by atoms with van der Waals surface area (Å²) in [4.78, 5) is 36.0. The quantitative estimate of drug-likeness (QED) is 0.749. The van der Waals surface area contributed by atoms with Crippen LogP contribution in [0.5, 0.6) is 0 Å². The minimum atomic E-state index is -0.790. The lowest BCUT2D eigenvalue weighted by Gasteiger charge is -2.33. The minimum Gasteiger partial charge on any atom is -0.483 e. The zero-order chi connectivity index (χ0) is 21.0. The Morgan fingerprint density at radius 2 is 2.17 bits per heavy atom. The van der Waals surface area contributed by atoms with Crippen molar-refractivity contribution < 1.29 is 24.2 Å². The van der Waals surface area contributed by atoms with Gasteiger partial charge in [0.1, 0.15) is 12.0 Å². The van der Waals surface area contributed by atoms with E-state index in [1.807, 2.05) is 44.4 Å². The predicted octanol–water partition coefficient (Wildman–Crippen LogP) is 1.32. The number of benzene rings is 1. The third kappa shape index (κ3) is 3.49. The summed E-state index contributed by atoms with van der Waals surface area (Å²) < 4.78 is 7.03. The van der Waals surface area contributed by atoms with E-state index in [1.54, 1.807) is 15.8 Å². The molecule has 2 amide bonds. The van der Waals surface area contributed by atoms with E-state index < -0.39 is 11.5 Å². The van der Waals surface area contributed by atoms with E-state index in [4.69, 9.17) is 14.6 Å². The number of carbonyl (C=O) groups excluding carboxylic acids is 2. The second-order valence-corrected chi connectivity index (χ2v) is 6.90. The average molecular weight is 400 g/mol. The summed E-state index contributed by atoms with van der Waals surface area (Å²) in [6.45, 7) is 2.61. The van der Waals surface area contributed by atoms with Crippen LogP contribution in [0.15, 0.2) is 36.7 Å². The number of likely N-dealkylation sites (tertiary alicyclic amines) is 1. The third-order valence-corrected chi connectivity index (χ3v) is 5.38. The maximum Gasteiger partial charge on any atom is 0.290 e. The number of aromatic nitrogens is 2. The molecule has 1 spiro atoms. The van der Waals surface area contributed by atoms with E-state index in [0.717, 1.165) is 16.8 Å². The Morgan fingerprint density at radius 1 is 1.45 bits per heavy atom. The van der Waals surface area contributed by atoms with Gasteiger partial charge in [0.25, 0.3) is 6.47 Å². The molecule has 2 atom stereocenters. The SMILES string of the molecule is CCOCC(=O)N1CC[C@]2(C(=O)Nc3ccccc32)[C@@H]1c1cnn(C)c1.O=CO. The highest BCUT2D eigenvalue weighted by Gasteiger charge is 2.59. The average Bonchev–Trinajstić information content (AvgIpc) is 3.38. The first kappa shape index (κ1) is 20.5. The van der Waals surface area contributed by atoms with Gasteiger partial charge < -0.3 is 20.1 Å². The van der Waals surface area contributed by atoms with Gasteiger partial charge in [-0.3, -0.25) is 19.1 Å². The van der Waals surface area contributed by atoms with E-state index in [-0.39, 0.29) is 24.9 Å². The summed E-state index contributed by atoms with van der Waals surface area (Å²) in [5, 5.41) is 14.2. The molecule has 29 heavy (non-hydrogen) atoms. The Labute approximate surface area is 168 Å². The number of anilines is 1. The van der Waals surface area contributed by atoms with Crippen molar-refractivity contribution in [1.82, 2.24) is 14.7 Å². The molecule has 1 aromatic carbocycles. The van der Waals surface area contributed by atoms with Gasteiger partial charge in [0.05, 0.1) is 12.2 Å². The molecule has 0 radical (unpaired) electrons. The fourth-order valence-corrected chi connectivity index (χ4v) is 4.27. The minimum absolute atomic E-state index is 0.0204. The van der Waals surface area contributed by atoms with Crippen LogP contribution in [0, 0.1) is 0 Å². The van der Waals surface area contributed by atoms with Gasteiger partial charge in [-0.1, -0.05) is 18.2 Å². The maximum absolute atomic E-state index is 13.1. The lowest BCUT2D eigenvalue weighted by Crippen LogP contribution is -2.43. The summed E-state index contributed by atoms with van der Waals surface area (Å²) in [6.07, 6.45) is 4.20. The molecule has 1 saturated heterocycles. The first-order valence-corrected chi connectivity index (χ1v) is 9.34. The number of para-hydroxylation sites is 1. The Hall–Kier alpha value is -3.20. The molecule has 0 saturated carbocycles. The number of hydrogen-bond acceptors (Lipinski definition) is 5. The van der Waals surface area contributed by atoms with Gasteiger partial charge in [-0.05, 0) is 25.0 Å². The summed E-state index contributed by atoms with van der Waals surface area (Å²) in [5.74, 6) is -0.158. The lowest BCUT2D eigenvalue weighted by molar-refractivity contribution is -0.138. The van der Waals surface area contributed by atoms with Gasteiger partial charge in [-0.2, -0.15) is 5.10 Å². The Morgan fingerprint density at radius 3 is 2.83 bits per heavy atom. The number of rotatable bonds is 4. The molecule has 2 aliphatic heterocycles. The highest BCUT2D eigenvalue weighted by Crippen LogP contribution is 2.54. The van der Waals surface area contributed by atoms with Gasteiger partial charge in [-0.25, -0.2) is 0 Å². The normalized spacial score (nSPS) is 22.1. The molecule has 0 aliphatic carbocycles. The molecule has 9 heteroatoms. The van der Waals surface area contributed by atoms with Crippen LogP contribution >= 0.6 is 0 Å². The fraction of sp³-hybridized carbons (Fsp3) is 0.400. The van der Waals surface area contributed by atoms with Crippen LogP contribution in [0.4, 0.5) is 5.69 Å². The number of nitrogens with zero attached hydrogens (tertiary/aromatic N) is 3. The van der Waals surface area contributed by atoms with E-state index >= 15 is 0 Å². The third-order valence-electron chi connectivity index (χ3n) is 5.38. The van der Waals surface area contributed by atoms with Gasteiger partial charge in [0.15, 0.2) is 0 Å². The van der Waals surface area contributed by atoms with Gasteiger partial charge >= 0.3 is 0 Å². The zero-order valence-electron chi connectivity index (χ0n) is 16.4. The molecular formula is C20H24N4O5. The van der Waals surface area contributed by atoms with Gasteiger partial charge in [-0.15, -0.1) is 0 Å². The Kier molecular flexibility index (Phi) is 5.97. The van der Waals surface area contributed by atoms with Crippen LogP contribution in [0.25, 0.3) is 0 Å². The second kappa shape index (κ2) is 8.44. The van der Waals surface area contributed by atoms with Gasteiger partial charge in [0, 0.05) is 37.6 Å². The van der Waals surface area contributed by atoms with Crippen molar-refractivity contribution >= 4 is 24.0 Å². The highest BCUT2D eigenvalue weighted by molar-refractivity contribution is 6.07.